The van der Waals surface area contributed by atoms with Gasteiger partial charge in [0.25, 0.3) is 5.91 Å². The quantitative estimate of drug-likeness (QED) is 0.645. The van der Waals surface area contributed by atoms with E-state index in [1.54, 1.807) is 20.0 Å². The number of cyclic esters (lactones) is 1. The predicted molar refractivity (Wildman–Crippen MR) is 109 cm³/mol. The SMILES string of the molecule is CC1(C)OC(=O)C[C@H]1C(=O)NCCc1nc(NC2CC2)ncc1C(=O)N1CCCC1. The van der Waals surface area contributed by atoms with E-state index in [0.717, 1.165) is 38.8 Å². The van der Waals surface area contributed by atoms with Gasteiger partial charge in [-0.2, -0.15) is 0 Å². The van der Waals surface area contributed by atoms with Crippen LogP contribution in [-0.2, 0) is 20.7 Å². The van der Waals surface area contributed by atoms with Crippen molar-refractivity contribution in [2.24, 2.45) is 5.92 Å². The molecule has 1 aliphatic carbocycles. The highest BCUT2D eigenvalue weighted by molar-refractivity contribution is 5.95. The van der Waals surface area contributed by atoms with Crippen molar-refractivity contribution in [3.63, 3.8) is 0 Å². The van der Waals surface area contributed by atoms with Gasteiger partial charge in [0.15, 0.2) is 0 Å². The van der Waals surface area contributed by atoms with Crippen LogP contribution in [0.2, 0.25) is 0 Å². The smallest absolute Gasteiger partial charge is 0.307 e. The lowest BCUT2D eigenvalue weighted by Gasteiger charge is -2.23. The second-order valence-electron chi connectivity index (χ2n) is 8.85. The number of hydrogen-bond acceptors (Lipinski definition) is 7. The first kappa shape index (κ1) is 20.6. The van der Waals surface area contributed by atoms with Gasteiger partial charge in [-0.25, -0.2) is 9.97 Å². The summed E-state index contributed by atoms with van der Waals surface area (Å²) in [7, 11) is 0. The van der Waals surface area contributed by atoms with Gasteiger partial charge in [0, 0.05) is 38.3 Å². The third-order valence-corrected chi connectivity index (χ3v) is 5.97. The van der Waals surface area contributed by atoms with Crippen molar-refractivity contribution in [1.82, 2.24) is 20.2 Å². The molecule has 3 aliphatic rings. The molecule has 1 saturated carbocycles. The number of rotatable bonds is 7. The van der Waals surface area contributed by atoms with E-state index in [1.807, 2.05) is 4.90 Å². The number of aromatic nitrogens is 2. The third kappa shape index (κ3) is 4.55. The Balaban J connectivity index is 1.43. The molecule has 1 atom stereocenters. The van der Waals surface area contributed by atoms with Gasteiger partial charge in [0.2, 0.25) is 11.9 Å². The molecule has 0 radical (unpaired) electrons. The zero-order chi connectivity index (χ0) is 21.3. The summed E-state index contributed by atoms with van der Waals surface area (Å²) in [6, 6.07) is 0.403. The Kier molecular flexibility index (Phi) is 5.62. The molecule has 162 valence electrons. The van der Waals surface area contributed by atoms with Crippen molar-refractivity contribution in [1.29, 1.82) is 0 Å². The number of anilines is 1. The minimum Gasteiger partial charge on any atom is -0.459 e. The van der Waals surface area contributed by atoms with Gasteiger partial charge < -0.3 is 20.3 Å². The highest BCUT2D eigenvalue weighted by Crippen LogP contribution is 2.32. The summed E-state index contributed by atoms with van der Waals surface area (Å²) in [6.07, 6.45) is 6.31. The average molecular weight is 415 g/mol. The number of nitrogens with zero attached hydrogens (tertiary/aromatic N) is 3. The monoisotopic (exact) mass is 415 g/mol. The molecule has 0 aromatic carbocycles. The highest BCUT2D eigenvalue weighted by Gasteiger charge is 2.46. The van der Waals surface area contributed by atoms with Gasteiger partial charge in [0.05, 0.1) is 23.6 Å². The van der Waals surface area contributed by atoms with Crippen LogP contribution in [0.1, 0.15) is 62.0 Å². The van der Waals surface area contributed by atoms with Crippen molar-refractivity contribution in [2.75, 3.05) is 25.0 Å². The van der Waals surface area contributed by atoms with Gasteiger partial charge in [0.1, 0.15) is 5.60 Å². The topological polar surface area (TPSA) is 114 Å². The molecule has 0 unspecified atom stereocenters. The average Bonchev–Trinajstić information content (AvgIpc) is 3.23. The van der Waals surface area contributed by atoms with Gasteiger partial charge in [-0.1, -0.05) is 0 Å². The van der Waals surface area contributed by atoms with Crippen LogP contribution in [-0.4, -0.2) is 63.9 Å². The molecule has 2 saturated heterocycles. The predicted octanol–water partition coefficient (Wildman–Crippen LogP) is 1.29. The molecule has 3 fully saturated rings. The summed E-state index contributed by atoms with van der Waals surface area (Å²) in [6.45, 7) is 5.31. The van der Waals surface area contributed by atoms with Crippen molar-refractivity contribution >= 4 is 23.7 Å². The number of amides is 2. The first-order valence-corrected chi connectivity index (χ1v) is 10.7. The third-order valence-electron chi connectivity index (χ3n) is 5.97. The lowest BCUT2D eigenvalue weighted by Crippen LogP contribution is -2.41. The number of ether oxygens (including phenoxy) is 1. The molecule has 1 aromatic heterocycles. The van der Waals surface area contributed by atoms with Crippen LogP contribution >= 0.6 is 0 Å². The molecule has 2 aliphatic heterocycles. The van der Waals surface area contributed by atoms with E-state index in [1.165, 1.54) is 0 Å². The number of esters is 1. The van der Waals surface area contributed by atoms with E-state index >= 15 is 0 Å². The Hall–Kier alpha value is -2.71. The largest absolute Gasteiger partial charge is 0.459 e. The molecule has 4 rings (SSSR count). The van der Waals surface area contributed by atoms with E-state index in [9.17, 15) is 14.4 Å². The van der Waals surface area contributed by atoms with E-state index in [-0.39, 0.29) is 24.2 Å². The molecule has 2 N–H and O–H groups in total. The minimum atomic E-state index is -0.811. The van der Waals surface area contributed by atoms with Crippen LogP contribution in [0.15, 0.2) is 6.20 Å². The lowest BCUT2D eigenvalue weighted by molar-refractivity contribution is -0.147. The molecule has 1 aromatic rings. The molecule has 9 nitrogen and oxygen atoms in total. The first-order valence-electron chi connectivity index (χ1n) is 10.7. The zero-order valence-corrected chi connectivity index (χ0v) is 17.6. The molecule has 0 bridgehead atoms. The first-order chi connectivity index (χ1) is 14.3. The summed E-state index contributed by atoms with van der Waals surface area (Å²) in [4.78, 5) is 47.8. The van der Waals surface area contributed by atoms with Gasteiger partial charge in [-0.3, -0.25) is 14.4 Å². The highest BCUT2D eigenvalue weighted by atomic mass is 16.6. The number of carbonyl (C=O) groups is 3. The van der Waals surface area contributed by atoms with Crippen molar-refractivity contribution in [3.8, 4) is 0 Å². The summed E-state index contributed by atoms with van der Waals surface area (Å²) in [5, 5.41) is 6.14. The number of nitrogens with one attached hydrogen (secondary N) is 2. The van der Waals surface area contributed by atoms with Crippen molar-refractivity contribution in [2.45, 2.75) is 64.0 Å². The Morgan fingerprint density at radius 2 is 2.00 bits per heavy atom. The minimum absolute atomic E-state index is 0.0530. The molecule has 2 amide bonds. The van der Waals surface area contributed by atoms with E-state index < -0.39 is 11.5 Å². The van der Waals surface area contributed by atoms with Crippen LogP contribution in [0.5, 0.6) is 0 Å². The standard InChI is InChI=1S/C21H29N5O4/c1-21(2)15(11-17(27)30-21)18(28)22-8-7-16-14(19(29)26-9-3-4-10-26)12-23-20(25-16)24-13-5-6-13/h12-13,15H,3-11H2,1-2H3,(H,22,28)(H,23,24,25)/t15-/m0/s1. The van der Waals surface area contributed by atoms with Crippen LogP contribution < -0.4 is 10.6 Å². The molecule has 0 spiro atoms. The molecule has 9 heteroatoms. The van der Waals surface area contributed by atoms with Crippen molar-refractivity contribution < 1.29 is 19.1 Å². The van der Waals surface area contributed by atoms with E-state index in [0.29, 0.717) is 36.2 Å². The molecular formula is C21H29N5O4. The summed E-state index contributed by atoms with van der Waals surface area (Å²) < 4.78 is 5.23. The van der Waals surface area contributed by atoms with Gasteiger partial charge in [-0.05, 0) is 39.5 Å². The van der Waals surface area contributed by atoms with Crippen LogP contribution in [0.4, 0.5) is 5.95 Å². The zero-order valence-electron chi connectivity index (χ0n) is 17.6. The normalized spacial score (nSPS) is 22.7. The maximum atomic E-state index is 12.9. The van der Waals surface area contributed by atoms with Crippen LogP contribution in [0.25, 0.3) is 0 Å². The summed E-state index contributed by atoms with van der Waals surface area (Å²) >= 11 is 0. The van der Waals surface area contributed by atoms with E-state index in [2.05, 4.69) is 20.6 Å². The molecule has 3 heterocycles. The fourth-order valence-electron chi connectivity index (χ4n) is 4.01. The van der Waals surface area contributed by atoms with Crippen LogP contribution in [0, 0.1) is 5.92 Å². The van der Waals surface area contributed by atoms with Crippen molar-refractivity contribution in [3.05, 3.63) is 17.5 Å². The maximum absolute atomic E-state index is 12.9. The van der Waals surface area contributed by atoms with Crippen LogP contribution in [0.3, 0.4) is 0 Å². The lowest BCUT2D eigenvalue weighted by atomic mass is 9.90. The number of hydrogen-bond donors (Lipinski definition) is 2. The van der Waals surface area contributed by atoms with Gasteiger partial charge in [-0.15, -0.1) is 0 Å². The summed E-state index contributed by atoms with van der Waals surface area (Å²) in [5.74, 6) is -0.627. The Morgan fingerprint density at radius 1 is 1.27 bits per heavy atom. The Bertz CT molecular complexity index is 846. The Morgan fingerprint density at radius 3 is 2.63 bits per heavy atom. The second kappa shape index (κ2) is 8.20. The second-order valence-corrected chi connectivity index (χ2v) is 8.85. The fraction of sp³-hybridized carbons (Fsp3) is 0.667. The van der Waals surface area contributed by atoms with Gasteiger partial charge >= 0.3 is 5.97 Å². The Labute approximate surface area is 176 Å². The number of likely N-dealkylation sites (tertiary alicyclic amines) is 1. The van der Waals surface area contributed by atoms with E-state index in [4.69, 9.17) is 4.74 Å². The number of carbonyl (C=O) groups excluding carboxylic acids is 3. The maximum Gasteiger partial charge on any atom is 0.307 e. The molecular weight excluding hydrogens is 386 g/mol. The fourth-order valence-corrected chi connectivity index (χ4v) is 4.01. The molecule has 30 heavy (non-hydrogen) atoms. The summed E-state index contributed by atoms with van der Waals surface area (Å²) in [5.41, 5.74) is 0.310.